The molecular weight excluding hydrogens is 454 g/mol. The summed E-state index contributed by atoms with van der Waals surface area (Å²) in [5.74, 6) is 1.43. The van der Waals surface area contributed by atoms with Gasteiger partial charge in [-0.2, -0.15) is 0 Å². The lowest BCUT2D eigenvalue weighted by Crippen LogP contribution is -2.34. The molecule has 4 aliphatic carbocycles. The first kappa shape index (κ1) is 25.2. The minimum atomic E-state index is 0.0294. The van der Waals surface area contributed by atoms with Crippen molar-refractivity contribution in [1.29, 1.82) is 0 Å². The molecular formula is C30H50P2S. The molecule has 0 unspecified atom stereocenters. The van der Waals surface area contributed by atoms with Crippen molar-refractivity contribution >= 4 is 37.8 Å². The van der Waals surface area contributed by atoms with Crippen LogP contribution in [0.4, 0.5) is 0 Å². The lowest BCUT2D eigenvalue weighted by atomic mass is 10.1. The van der Waals surface area contributed by atoms with E-state index in [9.17, 15) is 0 Å². The summed E-state index contributed by atoms with van der Waals surface area (Å²) in [6, 6.07) is 0. The third-order valence-electron chi connectivity index (χ3n) is 9.35. The van der Waals surface area contributed by atoms with Crippen LogP contribution >= 0.6 is 27.2 Å². The Bertz CT molecular complexity index is 662. The Hall–Kier alpha value is 0.560. The third kappa shape index (κ3) is 5.19. The van der Waals surface area contributed by atoms with Crippen LogP contribution in [0.1, 0.15) is 152 Å². The van der Waals surface area contributed by atoms with E-state index in [1.165, 1.54) is 51.4 Å². The predicted molar refractivity (Wildman–Crippen MR) is 155 cm³/mol. The van der Waals surface area contributed by atoms with E-state index in [1.54, 1.807) is 51.4 Å². The van der Waals surface area contributed by atoms with Crippen molar-refractivity contribution in [2.75, 3.05) is 0 Å². The molecule has 1 heterocycles. The fourth-order valence-corrected chi connectivity index (χ4v) is 18.7. The SMILES string of the molecule is CC(C)c1sc(C(C)C)c(P(C2CCCC2)C2CCCC2)c1P(C1CCCC1)C1CCCC1. The van der Waals surface area contributed by atoms with Gasteiger partial charge in [0.05, 0.1) is 0 Å². The molecule has 5 rings (SSSR count). The summed E-state index contributed by atoms with van der Waals surface area (Å²) in [5, 5.41) is 4.16. The Balaban J connectivity index is 1.69. The van der Waals surface area contributed by atoms with Crippen LogP contribution in [0.5, 0.6) is 0 Å². The summed E-state index contributed by atoms with van der Waals surface area (Å²) in [6.45, 7) is 10.1. The molecule has 4 saturated carbocycles. The van der Waals surface area contributed by atoms with Gasteiger partial charge in [-0.3, -0.25) is 0 Å². The zero-order valence-electron chi connectivity index (χ0n) is 22.1. The quantitative estimate of drug-likeness (QED) is 0.309. The summed E-state index contributed by atoms with van der Waals surface area (Å²) in [6.07, 6.45) is 24.6. The van der Waals surface area contributed by atoms with Gasteiger partial charge in [0.1, 0.15) is 0 Å². The molecule has 0 radical (unpaired) electrons. The first-order valence-corrected chi connectivity index (χ1v) is 18.6. The predicted octanol–water partition coefficient (Wildman–Crippen LogP) is 9.98. The van der Waals surface area contributed by atoms with Crippen LogP contribution in [0.15, 0.2) is 0 Å². The van der Waals surface area contributed by atoms with Crippen molar-refractivity contribution < 1.29 is 0 Å². The lowest BCUT2D eigenvalue weighted by Gasteiger charge is -2.37. The molecule has 0 atom stereocenters. The van der Waals surface area contributed by atoms with E-state index < -0.39 is 0 Å². The molecule has 3 heteroatoms. The summed E-state index contributed by atoms with van der Waals surface area (Å²) in [5.41, 5.74) is 4.21. The monoisotopic (exact) mass is 504 g/mol. The third-order valence-corrected chi connectivity index (χ3v) is 18.8. The molecule has 0 N–H and O–H groups in total. The van der Waals surface area contributed by atoms with Crippen LogP contribution in [0, 0.1) is 0 Å². The second-order valence-electron chi connectivity index (χ2n) is 12.4. The number of hydrogen-bond donors (Lipinski definition) is 0. The van der Waals surface area contributed by atoms with Gasteiger partial charge in [0.15, 0.2) is 0 Å². The van der Waals surface area contributed by atoms with Crippen molar-refractivity contribution in [2.45, 2.75) is 165 Å². The largest absolute Gasteiger partial charge is 0.143 e. The van der Waals surface area contributed by atoms with E-state index in [1.807, 2.05) is 9.75 Å². The van der Waals surface area contributed by atoms with Gasteiger partial charge in [0.25, 0.3) is 0 Å². The smallest absolute Gasteiger partial charge is 0.0157 e. The van der Waals surface area contributed by atoms with Crippen molar-refractivity contribution in [1.82, 2.24) is 0 Å². The molecule has 0 aliphatic heterocycles. The molecule has 33 heavy (non-hydrogen) atoms. The molecule has 0 spiro atoms. The topological polar surface area (TPSA) is 0 Å². The minimum Gasteiger partial charge on any atom is -0.143 e. The van der Waals surface area contributed by atoms with Gasteiger partial charge in [0.2, 0.25) is 0 Å². The number of thiophene rings is 1. The van der Waals surface area contributed by atoms with E-state index in [0.717, 1.165) is 22.6 Å². The van der Waals surface area contributed by atoms with Gasteiger partial charge >= 0.3 is 0 Å². The Morgan fingerprint density at radius 2 is 0.727 bits per heavy atom. The highest BCUT2D eigenvalue weighted by atomic mass is 32.1. The van der Waals surface area contributed by atoms with Crippen LogP contribution in [0.3, 0.4) is 0 Å². The van der Waals surface area contributed by atoms with Crippen molar-refractivity contribution in [3.63, 3.8) is 0 Å². The minimum absolute atomic E-state index is 0.0294. The Morgan fingerprint density at radius 1 is 0.485 bits per heavy atom. The summed E-state index contributed by atoms with van der Waals surface area (Å²) >= 11 is 2.33. The average Bonchev–Trinajstić information content (AvgIpc) is 3.61. The average molecular weight is 505 g/mol. The standard InChI is InChI=1S/C30H50P2S/c1-21(2)29-27(31(23-13-5-6-14-23)24-15-7-8-16-24)28(30(33-29)22(3)4)32(25-17-9-10-18-25)26-19-11-12-20-26/h21-26H,5-20H2,1-4H3. The van der Waals surface area contributed by atoms with Gasteiger partial charge in [0, 0.05) is 9.75 Å². The second kappa shape index (κ2) is 11.3. The molecule has 0 bridgehead atoms. The van der Waals surface area contributed by atoms with E-state index in [-0.39, 0.29) is 15.8 Å². The Morgan fingerprint density at radius 3 is 0.939 bits per heavy atom. The van der Waals surface area contributed by atoms with Crippen molar-refractivity contribution in [3.05, 3.63) is 9.75 Å². The van der Waals surface area contributed by atoms with Gasteiger partial charge in [-0.05, 0) is 96.4 Å². The van der Waals surface area contributed by atoms with Gasteiger partial charge in [-0.15, -0.1) is 11.3 Å². The fourth-order valence-electron chi connectivity index (χ4n) is 7.79. The molecule has 4 fully saturated rings. The first-order chi connectivity index (χ1) is 16.1. The normalized spacial score (nSPS) is 24.2. The molecule has 1 aromatic heterocycles. The van der Waals surface area contributed by atoms with Crippen LogP contribution in [0.25, 0.3) is 0 Å². The molecule has 4 aliphatic rings. The highest BCUT2D eigenvalue weighted by molar-refractivity contribution is 7.74. The number of hydrogen-bond acceptors (Lipinski definition) is 1. The maximum absolute atomic E-state index is 2.54. The zero-order valence-corrected chi connectivity index (χ0v) is 24.7. The van der Waals surface area contributed by atoms with Gasteiger partial charge < -0.3 is 0 Å². The molecule has 1 aromatic rings. The molecule has 0 saturated heterocycles. The summed E-state index contributed by atoms with van der Waals surface area (Å²) in [7, 11) is 0.0588. The van der Waals surface area contributed by atoms with Crippen molar-refractivity contribution in [2.24, 2.45) is 0 Å². The Kier molecular flexibility index (Phi) is 8.64. The highest BCUT2D eigenvalue weighted by Crippen LogP contribution is 2.63. The van der Waals surface area contributed by atoms with Crippen LogP contribution in [-0.4, -0.2) is 22.6 Å². The number of rotatable bonds is 8. The maximum atomic E-state index is 2.54. The van der Waals surface area contributed by atoms with Crippen LogP contribution in [0.2, 0.25) is 0 Å². The molecule has 186 valence electrons. The van der Waals surface area contributed by atoms with E-state index in [2.05, 4.69) is 49.6 Å². The molecule has 0 aromatic carbocycles. The van der Waals surface area contributed by atoms with Crippen LogP contribution < -0.4 is 10.6 Å². The van der Waals surface area contributed by atoms with Gasteiger partial charge in [-0.1, -0.05) is 94.9 Å². The Labute approximate surface area is 212 Å². The maximum Gasteiger partial charge on any atom is 0.0157 e. The van der Waals surface area contributed by atoms with Crippen LogP contribution in [-0.2, 0) is 0 Å². The molecule has 0 nitrogen and oxygen atoms in total. The van der Waals surface area contributed by atoms with E-state index in [0.29, 0.717) is 11.8 Å². The fraction of sp³-hybridized carbons (Fsp3) is 0.867. The summed E-state index contributed by atoms with van der Waals surface area (Å²) in [4.78, 5) is 3.75. The first-order valence-electron chi connectivity index (χ1n) is 14.8. The van der Waals surface area contributed by atoms with Gasteiger partial charge in [-0.25, -0.2) is 0 Å². The summed E-state index contributed by atoms with van der Waals surface area (Å²) < 4.78 is 0. The zero-order chi connectivity index (χ0) is 22.9. The van der Waals surface area contributed by atoms with E-state index in [4.69, 9.17) is 0 Å². The lowest BCUT2D eigenvalue weighted by molar-refractivity contribution is 0.829. The molecule has 0 amide bonds. The van der Waals surface area contributed by atoms with E-state index >= 15 is 0 Å². The second-order valence-corrected chi connectivity index (χ2v) is 18.9. The van der Waals surface area contributed by atoms with Crippen molar-refractivity contribution in [3.8, 4) is 0 Å². The highest BCUT2D eigenvalue weighted by Gasteiger charge is 2.43.